The Bertz CT molecular complexity index is 1440. The van der Waals surface area contributed by atoms with Gasteiger partial charge in [-0.25, -0.2) is 4.57 Å². The first-order valence-electron chi connectivity index (χ1n) is 29.2. The van der Waals surface area contributed by atoms with Crippen molar-refractivity contribution in [3.05, 3.63) is 60.8 Å². The van der Waals surface area contributed by atoms with Gasteiger partial charge in [0.2, 0.25) is 0 Å². The summed E-state index contributed by atoms with van der Waals surface area (Å²) < 4.78 is 39.4. The van der Waals surface area contributed by atoms with Gasteiger partial charge in [0, 0.05) is 12.8 Å². The fourth-order valence-electron chi connectivity index (χ4n) is 8.08. The Kier molecular flexibility index (Phi) is 52.3. The predicted octanol–water partition coefficient (Wildman–Crippen LogP) is 17.1. The van der Waals surface area contributed by atoms with Gasteiger partial charge in [0.25, 0.3) is 0 Å². The van der Waals surface area contributed by atoms with Crippen molar-refractivity contribution in [2.24, 2.45) is 0 Å². The van der Waals surface area contributed by atoms with Gasteiger partial charge >= 0.3 is 25.7 Å². The minimum Gasteiger partial charge on any atom is -0.461 e. The Labute approximate surface area is 440 Å². The Hall–Kier alpha value is -2.82. The van der Waals surface area contributed by atoms with Crippen LogP contribution in [-0.4, -0.2) is 66.5 Å². The van der Waals surface area contributed by atoms with E-state index in [1.807, 2.05) is 12.2 Å². The number of rotatable bonds is 54. The van der Waals surface area contributed by atoms with Crippen molar-refractivity contribution in [2.75, 3.05) is 26.4 Å². The highest BCUT2D eigenvalue weighted by atomic mass is 31.2. The first-order chi connectivity index (χ1) is 35.2. The molecule has 2 N–H and O–H groups in total. The topological polar surface area (TPSA) is 155 Å². The van der Waals surface area contributed by atoms with Crippen molar-refractivity contribution in [1.29, 1.82) is 0 Å². The standard InChI is InChI=1S/C60H107O11P/c1-4-7-10-13-16-19-22-25-27-28-30-33-36-39-42-45-48-51-60(64)71-57(53-67-58(62)49-46-43-40-37-34-32-29-26-23-20-17-14-11-8-5-2)55-69-72(65,66)68-54-56(52-61)70-59(63)50-47-44-41-38-35-31-24-21-18-15-12-9-6-3/h8,11,17,20,26,29,34,37,43,46,56-57,61H,4-7,9-10,12-16,18-19,21-25,27-28,30-33,35-36,38-42,44-45,47-55H2,1-3H3,(H,65,66)/b11-8-,20-17-,29-26-,37-34-,46-43-. The highest BCUT2D eigenvalue weighted by Gasteiger charge is 2.28. The molecule has 0 aliphatic rings. The number of hydrogen-bond donors (Lipinski definition) is 2. The van der Waals surface area contributed by atoms with Crippen LogP contribution in [0.4, 0.5) is 0 Å². The molecule has 0 bridgehead atoms. The van der Waals surface area contributed by atoms with E-state index in [-0.39, 0.29) is 25.9 Å². The van der Waals surface area contributed by atoms with Gasteiger partial charge < -0.3 is 24.2 Å². The molecule has 0 aromatic carbocycles. The van der Waals surface area contributed by atoms with Gasteiger partial charge in [-0.05, 0) is 44.9 Å². The molecule has 0 aliphatic carbocycles. The second kappa shape index (κ2) is 54.4. The number of carbonyl (C=O) groups excluding carboxylic acids is 3. The van der Waals surface area contributed by atoms with E-state index >= 15 is 0 Å². The third-order valence-corrected chi connectivity index (χ3v) is 13.4. The lowest BCUT2D eigenvalue weighted by atomic mass is 10.0. The van der Waals surface area contributed by atoms with E-state index in [9.17, 15) is 28.9 Å². The number of allylic oxidation sites excluding steroid dienone is 9. The maximum atomic E-state index is 12.9. The van der Waals surface area contributed by atoms with Crippen LogP contribution in [0.1, 0.15) is 265 Å². The third-order valence-electron chi connectivity index (χ3n) is 12.5. The van der Waals surface area contributed by atoms with Crippen LogP contribution < -0.4 is 0 Å². The molecule has 0 fully saturated rings. The first kappa shape index (κ1) is 69.2. The second-order valence-electron chi connectivity index (χ2n) is 19.5. The van der Waals surface area contributed by atoms with Gasteiger partial charge in [0.15, 0.2) is 6.10 Å². The van der Waals surface area contributed by atoms with Crippen molar-refractivity contribution < 1.29 is 52.2 Å². The number of aliphatic hydroxyl groups is 1. The van der Waals surface area contributed by atoms with Crippen LogP contribution in [0.15, 0.2) is 60.8 Å². The highest BCUT2D eigenvalue weighted by molar-refractivity contribution is 7.47. The first-order valence-corrected chi connectivity index (χ1v) is 30.7. The van der Waals surface area contributed by atoms with E-state index in [1.165, 1.54) is 141 Å². The van der Waals surface area contributed by atoms with Gasteiger partial charge in [0.05, 0.1) is 26.2 Å². The minimum atomic E-state index is -4.76. The third kappa shape index (κ3) is 52.1. The summed E-state index contributed by atoms with van der Waals surface area (Å²) in [5, 5.41) is 9.80. The maximum Gasteiger partial charge on any atom is 0.472 e. The summed E-state index contributed by atoms with van der Waals surface area (Å²) in [6, 6.07) is 0. The van der Waals surface area contributed by atoms with Gasteiger partial charge in [-0.15, -0.1) is 0 Å². The molecule has 0 aromatic rings. The van der Waals surface area contributed by atoms with Crippen molar-refractivity contribution in [2.45, 2.75) is 277 Å². The van der Waals surface area contributed by atoms with E-state index < -0.39 is 57.8 Å². The molecule has 72 heavy (non-hydrogen) atoms. The quantitative estimate of drug-likeness (QED) is 0.0197. The molecule has 0 aromatic heterocycles. The van der Waals surface area contributed by atoms with E-state index in [0.717, 1.165) is 64.2 Å². The van der Waals surface area contributed by atoms with Crippen LogP contribution in [0.25, 0.3) is 0 Å². The van der Waals surface area contributed by atoms with Crippen LogP contribution in [0.3, 0.4) is 0 Å². The van der Waals surface area contributed by atoms with E-state index in [0.29, 0.717) is 19.3 Å². The fourth-order valence-corrected chi connectivity index (χ4v) is 8.86. The molecule has 3 atom stereocenters. The molecule has 0 saturated heterocycles. The molecular formula is C60H107O11P. The van der Waals surface area contributed by atoms with Crippen LogP contribution in [0, 0.1) is 0 Å². The summed E-state index contributed by atoms with van der Waals surface area (Å²) in [5.74, 6) is -1.60. The van der Waals surface area contributed by atoms with Crippen LogP contribution in [-0.2, 0) is 42.2 Å². The number of phosphoric acid groups is 1. The molecule has 0 saturated carbocycles. The van der Waals surface area contributed by atoms with Gasteiger partial charge in [-0.2, -0.15) is 0 Å². The largest absolute Gasteiger partial charge is 0.472 e. The van der Waals surface area contributed by atoms with E-state index in [4.69, 9.17) is 23.3 Å². The molecule has 0 aliphatic heterocycles. The van der Waals surface area contributed by atoms with Gasteiger partial charge in [-0.3, -0.25) is 23.4 Å². The number of phosphoric ester groups is 1. The predicted molar refractivity (Wildman–Crippen MR) is 298 cm³/mol. The van der Waals surface area contributed by atoms with E-state index in [1.54, 1.807) is 6.08 Å². The number of ether oxygens (including phenoxy) is 3. The van der Waals surface area contributed by atoms with Crippen molar-refractivity contribution in [3.8, 4) is 0 Å². The highest BCUT2D eigenvalue weighted by Crippen LogP contribution is 2.43. The molecule has 3 unspecified atom stereocenters. The molecule has 0 heterocycles. The number of unbranched alkanes of at least 4 members (excludes halogenated alkanes) is 28. The number of esters is 3. The molecule has 11 nitrogen and oxygen atoms in total. The molecule has 0 amide bonds. The number of aliphatic hydroxyl groups excluding tert-OH is 1. The summed E-state index contributed by atoms with van der Waals surface area (Å²) in [7, 11) is -4.76. The average molecular weight is 1040 g/mol. The summed E-state index contributed by atoms with van der Waals surface area (Å²) in [6.45, 7) is 4.45. The summed E-state index contributed by atoms with van der Waals surface area (Å²) in [6.07, 6.45) is 59.2. The Morgan fingerprint density at radius 2 is 0.708 bits per heavy atom. The van der Waals surface area contributed by atoms with Crippen LogP contribution in [0.5, 0.6) is 0 Å². The summed E-state index contributed by atoms with van der Waals surface area (Å²) in [5.41, 5.74) is 0. The molecular weight excluding hydrogens is 928 g/mol. The molecule has 418 valence electrons. The van der Waals surface area contributed by atoms with Gasteiger partial charge in [0.1, 0.15) is 12.7 Å². The number of carbonyl (C=O) groups is 3. The van der Waals surface area contributed by atoms with Crippen molar-refractivity contribution in [3.63, 3.8) is 0 Å². The second-order valence-corrected chi connectivity index (χ2v) is 20.9. The maximum absolute atomic E-state index is 12.9. The Balaban J connectivity index is 4.79. The Morgan fingerprint density at radius 3 is 1.06 bits per heavy atom. The zero-order valence-electron chi connectivity index (χ0n) is 46.1. The average Bonchev–Trinajstić information content (AvgIpc) is 3.37. The number of hydrogen-bond acceptors (Lipinski definition) is 10. The van der Waals surface area contributed by atoms with Crippen molar-refractivity contribution in [1.82, 2.24) is 0 Å². The molecule has 0 radical (unpaired) electrons. The Morgan fingerprint density at radius 1 is 0.403 bits per heavy atom. The van der Waals surface area contributed by atoms with Crippen LogP contribution in [0.2, 0.25) is 0 Å². The fraction of sp³-hybridized carbons (Fsp3) is 0.783. The monoisotopic (exact) mass is 1030 g/mol. The summed E-state index contributed by atoms with van der Waals surface area (Å²) in [4.78, 5) is 48.4. The van der Waals surface area contributed by atoms with Crippen molar-refractivity contribution >= 4 is 25.7 Å². The lowest BCUT2D eigenvalue weighted by Crippen LogP contribution is -2.30. The normalized spacial score (nSPS) is 13.8. The summed E-state index contributed by atoms with van der Waals surface area (Å²) >= 11 is 0. The SMILES string of the molecule is CC/C=C\C/C=C\C/C=C\C/C=C\C/C=C\CC(=O)OCC(COP(=O)(O)OCC(CO)OC(=O)CCCCCCCCCCCCCCC)OC(=O)CCCCCCCCCCCCCCCCCCC. The zero-order valence-corrected chi connectivity index (χ0v) is 47.0. The van der Waals surface area contributed by atoms with E-state index in [2.05, 4.69) is 63.3 Å². The smallest absolute Gasteiger partial charge is 0.461 e. The molecule has 12 heteroatoms. The molecule has 0 spiro atoms. The van der Waals surface area contributed by atoms with Gasteiger partial charge in [-0.1, -0.05) is 261 Å². The lowest BCUT2D eigenvalue weighted by Gasteiger charge is -2.21. The minimum absolute atomic E-state index is 0.00344. The zero-order chi connectivity index (χ0) is 52.7. The molecule has 0 rings (SSSR count). The lowest BCUT2D eigenvalue weighted by molar-refractivity contribution is -0.161. The van der Waals surface area contributed by atoms with Crippen LogP contribution >= 0.6 is 7.82 Å².